The molecule has 1 amide bonds. The standard InChI is InChI=1S/C12H25N3O/c1-15(2)12(16)8-11(9-13)14-10-6-4-3-5-7-10/h10-11,14H,3-9,13H2,1-2H3. The number of nitrogens with two attached hydrogens (primary N) is 1. The van der Waals surface area contributed by atoms with Crippen LogP contribution in [0.5, 0.6) is 0 Å². The van der Waals surface area contributed by atoms with Crippen LogP contribution < -0.4 is 11.1 Å². The Hall–Kier alpha value is -0.610. The molecule has 1 unspecified atom stereocenters. The van der Waals surface area contributed by atoms with Gasteiger partial charge in [0.1, 0.15) is 0 Å². The summed E-state index contributed by atoms with van der Waals surface area (Å²) in [5, 5.41) is 3.52. The van der Waals surface area contributed by atoms with Crippen molar-refractivity contribution >= 4 is 5.91 Å². The van der Waals surface area contributed by atoms with Crippen molar-refractivity contribution in [2.75, 3.05) is 20.6 Å². The highest BCUT2D eigenvalue weighted by Crippen LogP contribution is 2.18. The lowest BCUT2D eigenvalue weighted by Gasteiger charge is -2.28. The highest BCUT2D eigenvalue weighted by Gasteiger charge is 2.19. The molecular formula is C12H25N3O. The average Bonchev–Trinajstić information content (AvgIpc) is 2.29. The Bertz CT molecular complexity index is 212. The van der Waals surface area contributed by atoms with Gasteiger partial charge in [0.15, 0.2) is 0 Å². The molecule has 0 spiro atoms. The molecule has 1 aliphatic carbocycles. The molecule has 3 N–H and O–H groups in total. The summed E-state index contributed by atoms with van der Waals surface area (Å²) in [5.41, 5.74) is 5.71. The van der Waals surface area contributed by atoms with Gasteiger partial charge in [-0.25, -0.2) is 0 Å². The van der Waals surface area contributed by atoms with E-state index in [0.717, 1.165) is 0 Å². The number of hydrogen-bond donors (Lipinski definition) is 2. The number of carbonyl (C=O) groups excluding carboxylic acids is 1. The molecule has 16 heavy (non-hydrogen) atoms. The van der Waals surface area contributed by atoms with Crippen LogP contribution in [0.1, 0.15) is 38.5 Å². The van der Waals surface area contributed by atoms with Gasteiger partial charge in [-0.1, -0.05) is 19.3 Å². The zero-order valence-corrected chi connectivity index (χ0v) is 10.5. The minimum absolute atomic E-state index is 0.137. The Morgan fingerprint density at radius 3 is 2.50 bits per heavy atom. The zero-order valence-electron chi connectivity index (χ0n) is 10.5. The Kier molecular flexibility index (Phi) is 5.77. The summed E-state index contributed by atoms with van der Waals surface area (Å²) >= 11 is 0. The number of carbonyl (C=O) groups is 1. The maximum Gasteiger partial charge on any atom is 0.223 e. The van der Waals surface area contributed by atoms with Crippen LogP contribution in [0.25, 0.3) is 0 Å². The minimum atomic E-state index is 0.137. The molecular weight excluding hydrogens is 202 g/mol. The summed E-state index contributed by atoms with van der Waals surface area (Å²) in [6.07, 6.45) is 6.93. The molecule has 0 radical (unpaired) electrons. The molecule has 1 fully saturated rings. The highest BCUT2D eigenvalue weighted by molar-refractivity contribution is 5.76. The zero-order chi connectivity index (χ0) is 12.0. The molecule has 0 saturated heterocycles. The lowest BCUT2D eigenvalue weighted by atomic mass is 9.94. The van der Waals surface area contributed by atoms with Gasteiger partial charge in [0.05, 0.1) is 0 Å². The van der Waals surface area contributed by atoms with Crippen molar-refractivity contribution < 1.29 is 4.79 Å². The fraction of sp³-hybridized carbons (Fsp3) is 0.917. The quantitative estimate of drug-likeness (QED) is 0.727. The van der Waals surface area contributed by atoms with Gasteiger partial charge in [0, 0.05) is 39.1 Å². The number of hydrogen-bond acceptors (Lipinski definition) is 3. The summed E-state index contributed by atoms with van der Waals surface area (Å²) < 4.78 is 0. The van der Waals surface area contributed by atoms with Gasteiger partial charge >= 0.3 is 0 Å². The molecule has 0 aromatic heterocycles. The first kappa shape index (κ1) is 13.5. The van der Waals surface area contributed by atoms with Gasteiger partial charge < -0.3 is 16.0 Å². The first-order valence-electron chi connectivity index (χ1n) is 6.29. The first-order valence-corrected chi connectivity index (χ1v) is 6.29. The van der Waals surface area contributed by atoms with Gasteiger partial charge in [-0.15, -0.1) is 0 Å². The molecule has 4 nitrogen and oxygen atoms in total. The summed E-state index contributed by atoms with van der Waals surface area (Å²) in [4.78, 5) is 13.2. The van der Waals surface area contributed by atoms with E-state index in [4.69, 9.17) is 5.73 Å². The number of rotatable bonds is 5. The Morgan fingerprint density at radius 1 is 1.38 bits per heavy atom. The second-order valence-electron chi connectivity index (χ2n) is 4.93. The van der Waals surface area contributed by atoms with Gasteiger partial charge in [-0.3, -0.25) is 4.79 Å². The summed E-state index contributed by atoms with van der Waals surface area (Å²) in [6, 6.07) is 0.704. The lowest BCUT2D eigenvalue weighted by molar-refractivity contribution is -0.129. The molecule has 1 saturated carbocycles. The minimum Gasteiger partial charge on any atom is -0.349 e. The lowest BCUT2D eigenvalue weighted by Crippen LogP contribution is -2.46. The fourth-order valence-corrected chi connectivity index (χ4v) is 2.21. The van der Waals surface area contributed by atoms with Crippen LogP contribution in [0.3, 0.4) is 0 Å². The van der Waals surface area contributed by atoms with E-state index in [2.05, 4.69) is 5.32 Å². The Balaban J connectivity index is 2.32. The van der Waals surface area contributed by atoms with Crippen LogP contribution in [-0.4, -0.2) is 43.5 Å². The third-order valence-electron chi connectivity index (χ3n) is 3.28. The molecule has 94 valence electrons. The van der Waals surface area contributed by atoms with Gasteiger partial charge in [0.2, 0.25) is 5.91 Å². The van der Waals surface area contributed by atoms with Crippen LogP contribution >= 0.6 is 0 Å². The summed E-state index contributed by atoms with van der Waals surface area (Å²) in [5.74, 6) is 0.152. The van der Waals surface area contributed by atoms with E-state index in [0.29, 0.717) is 19.0 Å². The number of nitrogens with one attached hydrogen (secondary N) is 1. The van der Waals surface area contributed by atoms with E-state index >= 15 is 0 Å². The molecule has 1 rings (SSSR count). The topological polar surface area (TPSA) is 58.4 Å². The first-order chi connectivity index (χ1) is 7.63. The van der Waals surface area contributed by atoms with Crippen molar-refractivity contribution in [2.24, 2.45) is 5.73 Å². The number of amides is 1. The molecule has 0 aromatic rings. The second-order valence-corrected chi connectivity index (χ2v) is 4.93. The molecule has 1 aliphatic rings. The maximum atomic E-state index is 11.6. The van der Waals surface area contributed by atoms with E-state index in [1.165, 1.54) is 32.1 Å². The van der Waals surface area contributed by atoms with Gasteiger partial charge in [-0.2, -0.15) is 0 Å². The van der Waals surface area contributed by atoms with Crippen molar-refractivity contribution in [1.29, 1.82) is 0 Å². The molecule has 0 aliphatic heterocycles. The highest BCUT2D eigenvalue weighted by atomic mass is 16.2. The van der Waals surface area contributed by atoms with Crippen molar-refractivity contribution in [3.05, 3.63) is 0 Å². The van der Waals surface area contributed by atoms with E-state index < -0.39 is 0 Å². The predicted octanol–water partition coefficient (Wildman–Crippen LogP) is 0.714. The van der Waals surface area contributed by atoms with Gasteiger partial charge in [-0.05, 0) is 12.8 Å². The summed E-state index contributed by atoms with van der Waals surface area (Å²) in [7, 11) is 3.58. The van der Waals surface area contributed by atoms with Crippen molar-refractivity contribution in [3.8, 4) is 0 Å². The van der Waals surface area contributed by atoms with Crippen LogP contribution in [-0.2, 0) is 4.79 Å². The monoisotopic (exact) mass is 227 g/mol. The van der Waals surface area contributed by atoms with Crippen LogP contribution in [0.4, 0.5) is 0 Å². The third kappa shape index (κ3) is 4.49. The smallest absolute Gasteiger partial charge is 0.223 e. The molecule has 0 heterocycles. The van der Waals surface area contributed by atoms with Crippen LogP contribution in [0.2, 0.25) is 0 Å². The number of nitrogens with zero attached hydrogens (tertiary/aromatic N) is 1. The second kappa shape index (κ2) is 6.86. The molecule has 0 bridgehead atoms. The van der Waals surface area contributed by atoms with Crippen molar-refractivity contribution in [1.82, 2.24) is 10.2 Å². The van der Waals surface area contributed by atoms with Crippen molar-refractivity contribution in [3.63, 3.8) is 0 Å². The maximum absolute atomic E-state index is 11.6. The average molecular weight is 227 g/mol. The van der Waals surface area contributed by atoms with Crippen molar-refractivity contribution in [2.45, 2.75) is 50.6 Å². The largest absolute Gasteiger partial charge is 0.349 e. The van der Waals surface area contributed by atoms with Crippen LogP contribution in [0, 0.1) is 0 Å². The van der Waals surface area contributed by atoms with E-state index in [-0.39, 0.29) is 11.9 Å². The van der Waals surface area contributed by atoms with Gasteiger partial charge in [0.25, 0.3) is 0 Å². The molecule has 4 heteroatoms. The summed E-state index contributed by atoms with van der Waals surface area (Å²) in [6.45, 7) is 0.538. The molecule has 0 aromatic carbocycles. The third-order valence-corrected chi connectivity index (χ3v) is 3.28. The van der Waals surface area contributed by atoms with E-state index in [9.17, 15) is 4.79 Å². The normalized spacial score (nSPS) is 19.4. The Morgan fingerprint density at radius 2 is 2.00 bits per heavy atom. The van der Waals surface area contributed by atoms with E-state index in [1.807, 2.05) is 0 Å². The Labute approximate surface area is 98.6 Å². The van der Waals surface area contributed by atoms with Crippen LogP contribution in [0.15, 0.2) is 0 Å². The molecule has 1 atom stereocenters. The van der Waals surface area contributed by atoms with E-state index in [1.54, 1.807) is 19.0 Å². The SMILES string of the molecule is CN(C)C(=O)CC(CN)NC1CCCCC1. The fourth-order valence-electron chi connectivity index (χ4n) is 2.21. The predicted molar refractivity (Wildman–Crippen MR) is 66.2 cm³/mol.